The Balaban J connectivity index is 1.97. The Morgan fingerprint density at radius 1 is 1.22 bits per heavy atom. The molecule has 0 spiro atoms. The van der Waals surface area contributed by atoms with Crippen LogP contribution >= 0.6 is 11.6 Å². The molecule has 3 unspecified atom stereocenters. The molecule has 0 amide bonds. The maximum atomic E-state index is 12.6. The van der Waals surface area contributed by atoms with E-state index in [1.807, 2.05) is 0 Å². The van der Waals surface area contributed by atoms with Crippen LogP contribution in [-0.2, 0) is 9.84 Å². The molecular formula is C13H16ClNO2S. The highest BCUT2D eigenvalue weighted by atomic mass is 35.5. The van der Waals surface area contributed by atoms with Gasteiger partial charge in [-0.05, 0) is 49.3 Å². The van der Waals surface area contributed by atoms with E-state index in [1.165, 1.54) is 12.5 Å². The number of halogens is 1. The third-order valence-electron chi connectivity index (χ3n) is 4.37. The van der Waals surface area contributed by atoms with Crippen molar-refractivity contribution >= 4 is 27.1 Å². The van der Waals surface area contributed by atoms with Gasteiger partial charge in [0.05, 0.1) is 20.9 Å². The first kappa shape index (κ1) is 12.3. The molecule has 2 fully saturated rings. The van der Waals surface area contributed by atoms with Crippen LogP contribution in [0.15, 0.2) is 23.1 Å². The molecule has 18 heavy (non-hydrogen) atoms. The minimum atomic E-state index is -3.25. The van der Waals surface area contributed by atoms with E-state index in [9.17, 15) is 8.42 Å². The fraction of sp³-hybridized carbons (Fsp3) is 0.538. The summed E-state index contributed by atoms with van der Waals surface area (Å²) in [6.45, 7) is 0. The van der Waals surface area contributed by atoms with E-state index < -0.39 is 9.84 Å². The van der Waals surface area contributed by atoms with E-state index in [-0.39, 0.29) is 5.25 Å². The first-order valence-corrected chi connectivity index (χ1v) is 8.20. The number of hydrogen-bond acceptors (Lipinski definition) is 3. The Kier molecular flexibility index (Phi) is 2.83. The van der Waals surface area contributed by atoms with E-state index in [0.717, 1.165) is 19.3 Å². The average Bonchev–Trinajstić information content (AvgIpc) is 2.94. The first-order chi connectivity index (χ1) is 8.48. The number of anilines is 1. The lowest BCUT2D eigenvalue weighted by Crippen LogP contribution is -2.27. The third kappa shape index (κ3) is 1.82. The van der Waals surface area contributed by atoms with Crippen LogP contribution in [0.25, 0.3) is 0 Å². The van der Waals surface area contributed by atoms with Crippen molar-refractivity contribution in [3.63, 3.8) is 0 Å². The molecule has 2 aliphatic carbocycles. The van der Waals surface area contributed by atoms with Gasteiger partial charge in [0, 0.05) is 0 Å². The SMILES string of the molecule is Nc1ccc(S(=O)(=O)C2CC3CCC2C3)cc1Cl. The minimum absolute atomic E-state index is 0.212. The van der Waals surface area contributed by atoms with Crippen LogP contribution in [-0.4, -0.2) is 13.7 Å². The molecule has 1 aromatic carbocycles. The Labute approximate surface area is 112 Å². The molecule has 0 radical (unpaired) electrons. The van der Waals surface area contributed by atoms with Gasteiger partial charge < -0.3 is 5.73 Å². The zero-order valence-electron chi connectivity index (χ0n) is 9.97. The number of benzene rings is 1. The molecule has 3 atom stereocenters. The maximum absolute atomic E-state index is 12.6. The molecule has 0 heterocycles. The number of fused-ring (bicyclic) bond motifs is 2. The van der Waals surface area contributed by atoms with Crippen LogP contribution in [0.5, 0.6) is 0 Å². The molecule has 0 aromatic heterocycles. The van der Waals surface area contributed by atoms with Crippen LogP contribution in [0.3, 0.4) is 0 Å². The zero-order valence-corrected chi connectivity index (χ0v) is 11.5. The fourth-order valence-corrected chi connectivity index (χ4v) is 5.84. The summed E-state index contributed by atoms with van der Waals surface area (Å²) < 4.78 is 25.2. The summed E-state index contributed by atoms with van der Waals surface area (Å²) in [6.07, 6.45) is 4.14. The number of nitrogens with two attached hydrogens (primary N) is 1. The number of rotatable bonds is 2. The zero-order chi connectivity index (χ0) is 12.9. The largest absolute Gasteiger partial charge is 0.398 e. The van der Waals surface area contributed by atoms with Gasteiger partial charge in [-0.3, -0.25) is 0 Å². The van der Waals surface area contributed by atoms with Gasteiger partial charge in [0.2, 0.25) is 0 Å². The summed E-state index contributed by atoms with van der Waals surface area (Å²) in [5.74, 6) is 0.954. The van der Waals surface area contributed by atoms with E-state index in [2.05, 4.69) is 0 Å². The molecule has 2 aliphatic rings. The third-order valence-corrected chi connectivity index (χ3v) is 6.99. The van der Waals surface area contributed by atoms with Crippen LogP contribution < -0.4 is 5.73 Å². The highest BCUT2D eigenvalue weighted by Gasteiger charge is 2.46. The van der Waals surface area contributed by atoms with Crippen LogP contribution in [0.2, 0.25) is 5.02 Å². The van der Waals surface area contributed by atoms with Gasteiger partial charge in [-0.2, -0.15) is 0 Å². The monoisotopic (exact) mass is 285 g/mol. The van der Waals surface area contributed by atoms with E-state index in [4.69, 9.17) is 17.3 Å². The highest BCUT2D eigenvalue weighted by molar-refractivity contribution is 7.92. The van der Waals surface area contributed by atoms with E-state index in [0.29, 0.717) is 27.4 Å². The van der Waals surface area contributed by atoms with Crippen LogP contribution in [0, 0.1) is 11.8 Å². The number of nitrogen functional groups attached to an aromatic ring is 1. The predicted octanol–water partition coefficient (Wildman–Crippen LogP) is 2.88. The second-order valence-electron chi connectivity index (χ2n) is 5.44. The number of hydrogen-bond donors (Lipinski definition) is 1. The maximum Gasteiger partial charge on any atom is 0.181 e. The van der Waals surface area contributed by atoms with Crippen LogP contribution in [0.4, 0.5) is 5.69 Å². The minimum Gasteiger partial charge on any atom is -0.398 e. The lowest BCUT2D eigenvalue weighted by Gasteiger charge is -2.22. The normalized spacial score (nSPS) is 30.8. The van der Waals surface area contributed by atoms with Gasteiger partial charge in [0.15, 0.2) is 9.84 Å². The molecule has 3 nitrogen and oxygen atoms in total. The summed E-state index contributed by atoms with van der Waals surface area (Å²) in [7, 11) is -3.25. The summed E-state index contributed by atoms with van der Waals surface area (Å²) in [6, 6.07) is 4.63. The molecule has 5 heteroatoms. The topological polar surface area (TPSA) is 60.2 Å². The molecule has 0 aliphatic heterocycles. The molecular weight excluding hydrogens is 270 g/mol. The van der Waals surface area contributed by atoms with Crippen molar-refractivity contribution in [1.29, 1.82) is 0 Å². The van der Waals surface area contributed by atoms with Gasteiger partial charge >= 0.3 is 0 Å². The van der Waals surface area contributed by atoms with Crippen molar-refractivity contribution in [2.45, 2.75) is 35.8 Å². The average molecular weight is 286 g/mol. The lowest BCUT2D eigenvalue weighted by molar-refractivity contribution is 0.465. The van der Waals surface area contributed by atoms with Crippen molar-refractivity contribution in [1.82, 2.24) is 0 Å². The second-order valence-corrected chi connectivity index (χ2v) is 8.02. The van der Waals surface area contributed by atoms with Gasteiger partial charge in [0.1, 0.15) is 0 Å². The quantitative estimate of drug-likeness (QED) is 0.850. The Bertz CT molecular complexity index is 585. The Morgan fingerprint density at radius 3 is 2.56 bits per heavy atom. The molecule has 2 saturated carbocycles. The second kappa shape index (κ2) is 4.14. The fourth-order valence-electron chi connectivity index (χ4n) is 3.43. The highest BCUT2D eigenvalue weighted by Crippen LogP contribution is 2.48. The Morgan fingerprint density at radius 2 is 2.00 bits per heavy atom. The predicted molar refractivity (Wildman–Crippen MR) is 72.3 cm³/mol. The smallest absolute Gasteiger partial charge is 0.181 e. The first-order valence-electron chi connectivity index (χ1n) is 6.27. The standard InChI is InChI=1S/C13H16ClNO2S/c14-11-7-10(3-4-12(11)15)18(16,17)13-6-8-1-2-9(13)5-8/h3-4,7-9,13H,1-2,5-6,15H2. The summed E-state index contributed by atoms with van der Waals surface area (Å²) in [5.41, 5.74) is 6.04. The number of sulfone groups is 1. The van der Waals surface area contributed by atoms with Gasteiger partial charge in [-0.1, -0.05) is 18.0 Å². The van der Waals surface area contributed by atoms with Crippen molar-refractivity contribution < 1.29 is 8.42 Å². The summed E-state index contributed by atoms with van der Waals surface area (Å²) in [5, 5.41) is 0.107. The molecule has 2 N–H and O–H groups in total. The van der Waals surface area contributed by atoms with Crippen molar-refractivity contribution in [2.75, 3.05) is 5.73 Å². The van der Waals surface area contributed by atoms with Gasteiger partial charge in [0.25, 0.3) is 0 Å². The Hall–Kier alpha value is -0.740. The van der Waals surface area contributed by atoms with Gasteiger partial charge in [-0.25, -0.2) is 8.42 Å². The van der Waals surface area contributed by atoms with E-state index in [1.54, 1.807) is 12.1 Å². The molecule has 2 bridgehead atoms. The summed E-state index contributed by atoms with van der Waals surface area (Å²) in [4.78, 5) is 0.319. The molecule has 3 rings (SSSR count). The van der Waals surface area contributed by atoms with Crippen LogP contribution in [0.1, 0.15) is 25.7 Å². The lowest BCUT2D eigenvalue weighted by atomic mass is 10.0. The van der Waals surface area contributed by atoms with Gasteiger partial charge in [-0.15, -0.1) is 0 Å². The van der Waals surface area contributed by atoms with Crippen molar-refractivity contribution in [3.05, 3.63) is 23.2 Å². The summed E-state index contributed by atoms with van der Waals surface area (Å²) >= 11 is 5.92. The van der Waals surface area contributed by atoms with E-state index >= 15 is 0 Å². The molecule has 0 saturated heterocycles. The molecule has 98 valence electrons. The van der Waals surface area contributed by atoms with Crippen molar-refractivity contribution in [3.8, 4) is 0 Å². The molecule has 1 aromatic rings. The van der Waals surface area contributed by atoms with Crippen molar-refractivity contribution in [2.24, 2.45) is 11.8 Å².